The maximum Gasteiger partial charge on any atom is 0.283 e. The molecule has 7 heteroatoms. The van der Waals surface area contributed by atoms with Crippen LogP contribution < -0.4 is 10.2 Å². The summed E-state index contributed by atoms with van der Waals surface area (Å²) in [6.45, 7) is 7.17. The zero-order valence-electron chi connectivity index (χ0n) is 14.3. The van der Waals surface area contributed by atoms with Crippen molar-refractivity contribution in [2.75, 3.05) is 16.8 Å². The molecule has 0 unspecified atom stereocenters. The molecule has 0 fully saturated rings. The average molecular weight is 362 g/mol. The minimum absolute atomic E-state index is 0.0316. The molecule has 0 aliphatic carbocycles. The Morgan fingerprint density at radius 3 is 2.40 bits per heavy atom. The van der Waals surface area contributed by atoms with Crippen LogP contribution in [0.3, 0.4) is 0 Å². The predicted octanol–water partition coefficient (Wildman–Crippen LogP) is 4.74. The lowest BCUT2D eigenvalue weighted by atomic mass is 10.1. The lowest BCUT2D eigenvalue weighted by molar-refractivity contribution is -0.385. The van der Waals surface area contributed by atoms with Gasteiger partial charge in [0.1, 0.15) is 5.56 Å². The Bertz CT molecular complexity index is 776. The minimum Gasteiger partial charge on any atom is -0.369 e. The molecule has 0 spiro atoms. The first-order valence-electron chi connectivity index (χ1n) is 7.95. The first-order valence-corrected chi connectivity index (χ1v) is 8.33. The average Bonchev–Trinajstić information content (AvgIpc) is 2.56. The van der Waals surface area contributed by atoms with Crippen LogP contribution in [0.15, 0.2) is 42.5 Å². The van der Waals surface area contributed by atoms with Gasteiger partial charge in [0, 0.05) is 35.1 Å². The number of carbonyl (C=O) groups is 1. The fourth-order valence-corrected chi connectivity index (χ4v) is 2.79. The van der Waals surface area contributed by atoms with Crippen LogP contribution in [0.25, 0.3) is 0 Å². The number of nitrogens with one attached hydrogen (secondary N) is 1. The number of anilines is 2. The topological polar surface area (TPSA) is 75.5 Å². The second kappa shape index (κ2) is 7.98. The van der Waals surface area contributed by atoms with E-state index in [4.69, 9.17) is 11.6 Å². The monoisotopic (exact) mass is 361 g/mol. The van der Waals surface area contributed by atoms with E-state index in [0.29, 0.717) is 11.7 Å². The van der Waals surface area contributed by atoms with Crippen LogP contribution in [-0.4, -0.2) is 23.4 Å². The lowest BCUT2D eigenvalue weighted by Gasteiger charge is -2.27. The summed E-state index contributed by atoms with van der Waals surface area (Å²) < 4.78 is 0. The highest BCUT2D eigenvalue weighted by Gasteiger charge is 2.20. The van der Waals surface area contributed by atoms with Gasteiger partial charge in [-0.1, -0.05) is 11.6 Å². The fraction of sp³-hybridized carbons (Fsp3) is 0.278. The van der Waals surface area contributed by atoms with Crippen LogP contribution in [0.2, 0.25) is 5.02 Å². The molecule has 1 N–H and O–H groups in total. The molecule has 0 aliphatic heterocycles. The molecule has 0 bridgehead atoms. The van der Waals surface area contributed by atoms with Gasteiger partial charge in [0.15, 0.2) is 0 Å². The van der Waals surface area contributed by atoms with Crippen LogP contribution in [0.5, 0.6) is 0 Å². The lowest BCUT2D eigenvalue weighted by Crippen LogP contribution is -2.30. The molecule has 0 aromatic heterocycles. The van der Waals surface area contributed by atoms with E-state index >= 15 is 0 Å². The van der Waals surface area contributed by atoms with E-state index in [1.807, 2.05) is 12.1 Å². The van der Waals surface area contributed by atoms with E-state index < -0.39 is 10.8 Å². The Kier molecular flexibility index (Phi) is 5.98. The first kappa shape index (κ1) is 18.7. The maximum atomic E-state index is 12.4. The number of halogens is 1. The fourth-order valence-electron chi connectivity index (χ4n) is 2.63. The molecule has 0 saturated heterocycles. The van der Waals surface area contributed by atoms with Crippen molar-refractivity contribution in [2.45, 2.75) is 26.8 Å². The molecule has 0 heterocycles. The maximum absolute atomic E-state index is 12.4. The van der Waals surface area contributed by atoms with Gasteiger partial charge in [0.05, 0.1) is 4.92 Å². The van der Waals surface area contributed by atoms with Crippen LogP contribution >= 0.6 is 11.6 Å². The number of amides is 1. The second-order valence-corrected chi connectivity index (χ2v) is 6.24. The van der Waals surface area contributed by atoms with Gasteiger partial charge in [0.2, 0.25) is 0 Å². The van der Waals surface area contributed by atoms with Gasteiger partial charge in [-0.15, -0.1) is 0 Å². The summed E-state index contributed by atoms with van der Waals surface area (Å²) >= 11 is 5.77. The SMILES string of the molecule is CCN(c1ccc(NC(=O)c2ccc(Cl)cc2[N+](=O)[O-])cc1)C(C)C. The second-order valence-electron chi connectivity index (χ2n) is 5.80. The number of rotatable bonds is 6. The summed E-state index contributed by atoms with van der Waals surface area (Å²) in [4.78, 5) is 25.1. The van der Waals surface area contributed by atoms with Crippen molar-refractivity contribution >= 4 is 34.6 Å². The molecular weight excluding hydrogens is 342 g/mol. The number of carbonyl (C=O) groups excluding carboxylic acids is 1. The van der Waals surface area contributed by atoms with Crippen LogP contribution in [0.1, 0.15) is 31.1 Å². The number of nitro groups is 1. The van der Waals surface area contributed by atoms with Gasteiger partial charge in [-0.3, -0.25) is 14.9 Å². The van der Waals surface area contributed by atoms with Crippen LogP contribution in [0.4, 0.5) is 17.1 Å². The van der Waals surface area contributed by atoms with Gasteiger partial charge in [-0.2, -0.15) is 0 Å². The third-order valence-electron chi connectivity index (χ3n) is 3.82. The Morgan fingerprint density at radius 1 is 1.24 bits per heavy atom. The van der Waals surface area contributed by atoms with Crippen LogP contribution in [-0.2, 0) is 0 Å². The number of hydrogen-bond acceptors (Lipinski definition) is 4. The van der Waals surface area contributed by atoms with E-state index in [-0.39, 0.29) is 16.3 Å². The first-order chi connectivity index (χ1) is 11.8. The van der Waals surface area contributed by atoms with Gasteiger partial charge in [-0.05, 0) is 57.2 Å². The molecule has 132 valence electrons. The molecule has 2 rings (SSSR count). The largest absolute Gasteiger partial charge is 0.369 e. The molecule has 2 aromatic rings. The molecule has 0 aliphatic rings. The molecule has 0 saturated carbocycles. The van der Waals surface area contributed by atoms with E-state index in [1.165, 1.54) is 18.2 Å². The van der Waals surface area contributed by atoms with E-state index in [9.17, 15) is 14.9 Å². The highest BCUT2D eigenvalue weighted by atomic mass is 35.5. The number of benzene rings is 2. The Hall–Kier alpha value is -2.60. The highest BCUT2D eigenvalue weighted by molar-refractivity contribution is 6.31. The molecule has 2 aromatic carbocycles. The molecule has 0 radical (unpaired) electrons. The third kappa shape index (κ3) is 4.48. The normalized spacial score (nSPS) is 10.6. The Labute approximate surface area is 151 Å². The van der Waals surface area contributed by atoms with E-state index in [2.05, 4.69) is 31.0 Å². The highest BCUT2D eigenvalue weighted by Crippen LogP contribution is 2.25. The zero-order valence-corrected chi connectivity index (χ0v) is 15.1. The summed E-state index contributed by atoms with van der Waals surface area (Å²) in [6.07, 6.45) is 0. The Morgan fingerprint density at radius 2 is 1.88 bits per heavy atom. The van der Waals surface area contributed by atoms with Crippen molar-refractivity contribution in [3.8, 4) is 0 Å². The summed E-state index contributed by atoms with van der Waals surface area (Å²) in [5, 5.41) is 14.0. The van der Waals surface area contributed by atoms with Crippen molar-refractivity contribution in [2.24, 2.45) is 0 Å². The minimum atomic E-state index is -0.619. The summed E-state index contributed by atoms with van der Waals surface area (Å²) in [7, 11) is 0. The van der Waals surface area contributed by atoms with Crippen molar-refractivity contribution in [3.05, 3.63) is 63.2 Å². The molecular formula is C18H20ClN3O3. The smallest absolute Gasteiger partial charge is 0.283 e. The summed E-state index contributed by atoms with van der Waals surface area (Å²) in [6, 6.07) is 11.7. The summed E-state index contributed by atoms with van der Waals surface area (Å²) in [5.41, 5.74) is 1.26. The standard InChI is InChI=1S/C18H20ClN3O3/c1-4-21(12(2)3)15-8-6-14(7-9-15)20-18(23)16-10-5-13(19)11-17(16)22(24)25/h5-12H,4H2,1-3H3,(H,20,23). The summed E-state index contributed by atoms with van der Waals surface area (Å²) in [5.74, 6) is -0.549. The van der Waals surface area contributed by atoms with Crippen molar-refractivity contribution in [3.63, 3.8) is 0 Å². The van der Waals surface area contributed by atoms with Gasteiger partial charge >= 0.3 is 0 Å². The van der Waals surface area contributed by atoms with Gasteiger partial charge in [-0.25, -0.2) is 0 Å². The van der Waals surface area contributed by atoms with Gasteiger partial charge < -0.3 is 10.2 Å². The van der Waals surface area contributed by atoms with E-state index in [0.717, 1.165) is 12.2 Å². The third-order valence-corrected chi connectivity index (χ3v) is 4.06. The van der Waals surface area contributed by atoms with Crippen LogP contribution in [0, 0.1) is 10.1 Å². The van der Waals surface area contributed by atoms with Crippen molar-refractivity contribution < 1.29 is 9.72 Å². The number of hydrogen-bond donors (Lipinski definition) is 1. The van der Waals surface area contributed by atoms with E-state index in [1.54, 1.807) is 12.1 Å². The van der Waals surface area contributed by atoms with Crippen molar-refractivity contribution in [1.29, 1.82) is 0 Å². The van der Waals surface area contributed by atoms with Crippen molar-refractivity contribution in [1.82, 2.24) is 0 Å². The molecule has 25 heavy (non-hydrogen) atoms. The predicted molar refractivity (Wildman–Crippen MR) is 101 cm³/mol. The molecule has 0 atom stereocenters. The quantitative estimate of drug-likeness (QED) is 0.595. The number of nitrogens with zero attached hydrogens (tertiary/aromatic N) is 2. The zero-order chi connectivity index (χ0) is 18.6. The Balaban J connectivity index is 2.20. The molecule has 1 amide bonds. The number of nitro benzene ring substituents is 1. The molecule has 6 nitrogen and oxygen atoms in total. The van der Waals surface area contributed by atoms with Gasteiger partial charge in [0.25, 0.3) is 11.6 Å².